The number of aryl methyl sites for hydroxylation is 1. The lowest BCUT2D eigenvalue weighted by molar-refractivity contribution is -0.119. The molecule has 0 aliphatic carbocycles. The molecule has 1 heterocycles. The molecule has 0 fully saturated rings. The molecule has 0 unspecified atom stereocenters. The fourth-order valence-electron chi connectivity index (χ4n) is 2.08. The monoisotopic (exact) mass is 346 g/mol. The van der Waals surface area contributed by atoms with Crippen LogP contribution in [-0.2, 0) is 16.1 Å². The molecular formula is C17H18N2O6. The van der Waals surface area contributed by atoms with E-state index in [0.717, 1.165) is 0 Å². The first-order valence-electron chi connectivity index (χ1n) is 7.44. The number of hydrogen-bond donors (Lipinski definition) is 3. The minimum Gasteiger partial charge on any atom is -0.463 e. The summed E-state index contributed by atoms with van der Waals surface area (Å²) in [4.78, 5) is 35.2. The third-order valence-corrected chi connectivity index (χ3v) is 3.34. The molecule has 8 nitrogen and oxygen atoms in total. The van der Waals surface area contributed by atoms with Crippen LogP contribution in [0.3, 0.4) is 0 Å². The first-order valence-corrected chi connectivity index (χ1v) is 7.44. The zero-order valence-electron chi connectivity index (χ0n) is 13.8. The number of hydrogen-bond acceptors (Lipinski definition) is 6. The maximum atomic E-state index is 11.9. The van der Waals surface area contributed by atoms with Gasteiger partial charge in [0.05, 0.1) is 0 Å². The minimum absolute atomic E-state index is 0.159. The Bertz CT molecular complexity index is 779. The van der Waals surface area contributed by atoms with Crippen molar-refractivity contribution >= 4 is 23.5 Å². The molecule has 2 aromatic rings. The molecule has 1 aromatic heterocycles. The molecule has 0 atom stereocenters. The van der Waals surface area contributed by atoms with Crippen LogP contribution in [0.15, 0.2) is 34.7 Å². The number of anilines is 1. The van der Waals surface area contributed by atoms with Crippen LogP contribution in [0.1, 0.15) is 32.2 Å². The maximum Gasteiger partial charge on any atom is 0.342 e. The Hall–Kier alpha value is -3.13. The molecule has 132 valence electrons. The van der Waals surface area contributed by atoms with E-state index in [1.165, 1.54) is 13.1 Å². The molecule has 1 aromatic carbocycles. The molecule has 2 rings (SSSR count). The largest absolute Gasteiger partial charge is 0.463 e. The van der Waals surface area contributed by atoms with Crippen LogP contribution >= 0.6 is 0 Å². The summed E-state index contributed by atoms with van der Waals surface area (Å²) in [6.07, 6.45) is 0. The number of esters is 1. The number of nitrogens with one attached hydrogen (secondary N) is 2. The van der Waals surface area contributed by atoms with Crippen molar-refractivity contribution in [1.82, 2.24) is 5.32 Å². The summed E-state index contributed by atoms with van der Waals surface area (Å²) < 4.78 is 10.1. The molecule has 0 radical (unpaired) electrons. The van der Waals surface area contributed by atoms with Crippen molar-refractivity contribution < 1.29 is 28.6 Å². The number of benzene rings is 1. The van der Waals surface area contributed by atoms with E-state index < -0.39 is 18.5 Å². The predicted molar refractivity (Wildman–Crippen MR) is 88.1 cm³/mol. The molecule has 0 saturated carbocycles. The van der Waals surface area contributed by atoms with Gasteiger partial charge in [0.2, 0.25) is 0 Å². The van der Waals surface area contributed by atoms with Crippen LogP contribution in [-0.4, -0.2) is 36.5 Å². The summed E-state index contributed by atoms with van der Waals surface area (Å²) in [6, 6.07) is 7.63. The summed E-state index contributed by atoms with van der Waals surface area (Å²) in [6.45, 7) is 0.750. The fraction of sp³-hybridized carbons (Fsp3) is 0.235. The second-order valence-electron chi connectivity index (χ2n) is 5.12. The van der Waals surface area contributed by atoms with E-state index in [1.807, 2.05) is 0 Å². The molecule has 8 heteroatoms. The van der Waals surface area contributed by atoms with Gasteiger partial charge in [-0.1, -0.05) is 0 Å². The van der Waals surface area contributed by atoms with Crippen LogP contribution in [0.5, 0.6) is 0 Å². The highest BCUT2D eigenvalue weighted by Gasteiger charge is 2.17. The third-order valence-electron chi connectivity index (χ3n) is 3.34. The maximum absolute atomic E-state index is 11.9. The average Bonchev–Trinajstić information content (AvgIpc) is 3.00. The zero-order chi connectivity index (χ0) is 18.4. The first kappa shape index (κ1) is 18.2. The minimum atomic E-state index is -0.717. The van der Waals surface area contributed by atoms with E-state index in [1.54, 1.807) is 31.2 Å². The summed E-state index contributed by atoms with van der Waals surface area (Å²) in [5.74, 6) is -0.926. The quantitative estimate of drug-likeness (QED) is 0.677. The number of aliphatic hydroxyl groups is 1. The Kier molecular flexibility index (Phi) is 5.91. The Balaban J connectivity index is 1.88. The number of carbonyl (C=O) groups excluding carboxylic acids is 3. The van der Waals surface area contributed by atoms with Gasteiger partial charge in [0, 0.05) is 18.3 Å². The third kappa shape index (κ3) is 4.67. The highest BCUT2D eigenvalue weighted by molar-refractivity contribution is 5.97. The summed E-state index contributed by atoms with van der Waals surface area (Å²) >= 11 is 0. The van der Waals surface area contributed by atoms with Crippen LogP contribution < -0.4 is 10.6 Å². The van der Waals surface area contributed by atoms with Gasteiger partial charge in [-0.15, -0.1) is 0 Å². The fourth-order valence-corrected chi connectivity index (χ4v) is 2.08. The van der Waals surface area contributed by atoms with Gasteiger partial charge in [0.1, 0.15) is 23.7 Å². The summed E-state index contributed by atoms with van der Waals surface area (Å²) in [5.41, 5.74) is 1.09. The smallest absolute Gasteiger partial charge is 0.342 e. The van der Waals surface area contributed by atoms with Gasteiger partial charge in [-0.05, 0) is 37.3 Å². The van der Waals surface area contributed by atoms with Crippen LogP contribution in [0, 0.1) is 6.92 Å². The lowest BCUT2D eigenvalue weighted by Crippen LogP contribution is -2.21. The van der Waals surface area contributed by atoms with Crippen LogP contribution in [0.2, 0.25) is 0 Å². The van der Waals surface area contributed by atoms with Gasteiger partial charge in [-0.2, -0.15) is 0 Å². The van der Waals surface area contributed by atoms with Gasteiger partial charge in [0.15, 0.2) is 6.61 Å². The van der Waals surface area contributed by atoms with E-state index in [2.05, 4.69) is 10.6 Å². The zero-order valence-corrected chi connectivity index (χ0v) is 13.8. The molecule has 0 aliphatic rings. The molecule has 0 saturated heterocycles. The van der Waals surface area contributed by atoms with Crippen molar-refractivity contribution in [3.05, 3.63) is 53.0 Å². The van der Waals surface area contributed by atoms with Gasteiger partial charge >= 0.3 is 5.97 Å². The SMILES string of the molecule is CNC(=O)c1ccc(NC(=O)COC(=O)c2cc(CO)oc2C)cc1. The van der Waals surface area contributed by atoms with E-state index in [-0.39, 0.29) is 23.8 Å². The summed E-state index contributed by atoms with van der Waals surface area (Å²) in [7, 11) is 1.53. The Morgan fingerprint density at radius 2 is 1.88 bits per heavy atom. The van der Waals surface area contributed by atoms with E-state index in [9.17, 15) is 14.4 Å². The van der Waals surface area contributed by atoms with Crippen LogP contribution in [0.4, 0.5) is 5.69 Å². The van der Waals surface area contributed by atoms with Gasteiger partial charge < -0.3 is 24.9 Å². The second kappa shape index (κ2) is 8.11. The van der Waals surface area contributed by atoms with Crippen molar-refractivity contribution in [3.63, 3.8) is 0 Å². The van der Waals surface area contributed by atoms with Crippen molar-refractivity contribution in [2.24, 2.45) is 0 Å². The normalized spacial score (nSPS) is 10.2. The number of rotatable bonds is 6. The Morgan fingerprint density at radius 3 is 2.44 bits per heavy atom. The molecule has 0 bridgehead atoms. The lowest BCUT2D eigenvalue weighted by atomic mass is 10.2. The van der Waals surface area contributed by atoms with Crippen molar-refractivity contribution in [1.29, 1.82) is 0 Å². The van der Waals surface area contributed by atoms with E-state index in [4.69, 9.17) is 14.3 Å². The molecule has 25 heavy (non-hydrogen) atoms. The topological polar surface area (TPSA) is 118 Å². The van der Waals surface area contributed by atoms with Gasteiger partial charge in [0.25, 0.3) is 11.8 Å². The standard InChI is InChI=1S/C17H18N2O6/c1-10-14(7-13(8-20)25-10)17(23)24-9-15(21)19-12-5-3-11(4-6-12)16(22)18-2/h3-7,20H,8-9H2,1-2H3,(H,18,22)(H,19,21). The van der Waals surface area contributed by atoms with Crippen molar-refractivity contribution in [3.8, 4) is 0 Å². The van der Waals surface area contributed by atoms with Crippen molar-refractivity contribution in [2.45, 2.75) is 13.5 Å². The molecule has 0 aliphatic heterocycles. The number of ether oxygens (including phenoxy) is 1. The number of aliphatic hydroxyl groups excluding tert-OH is 1. The number of carbonyl (C=O) groups is 3. The number of furan rings is 1. The Morgan fingerprint density at radius 1 is 1.20 bits per heavy atom. The van der Waals surface area contributed by atoms with Crippen molar-refractivity contribution in [2.75, 3.05) is 19.0 Å². The summed E-state index contributed by atoms with van der Waals surface area (Å²) in [5, 5.41) is 14.0. The lowest BCUT2D eigenvalue weighted by Gasteiger charge is -2.07. The van der Waals surface area contributed by atoms with E-state index >= 15 is 0 Å². The second-order valence-corrected chi connectivity index (χ2v) is 5.12. The highest BCUT2D eigenvalue weighted by atomic mass is 16.5. The Labute approximate surface area is 143 Å². The number of amides is 2. The molecule has 3 N–H and O–H groups in total. The highest BCUT2D eigenvalue weighted by Crippen LogP contribution is 2.16. The average molecular weight is 346 g/mol. The van der Waals surface area contributed by atoms with Gasteiger partial charge in [-0.3, -0.25) is 9.59 Å². The predicted octanol–water partition coefficient (Wildman–Crippen LogP) is 1.24. The molecular weight excluding hydrogens is 328 g/mol. The van der Waals surface area contributed by atoms with Gasteiger partial charge in [-0.25, -0.2) is 4.79 Å². The van der Waals surface area contributed by atoms with Crippen LogP contribution in [0.25, 0.3) is 0 Å². The molecule has 0 spiro atoms. The molecule has 2 amide bonds. The van der Waals surface area contributed by atoms with E-state index in [0.29, 0.717) is 17.0 Å². The first-order chi connectivity index (χ1) is 11.9.